The molecule has 0 aliphatic carbocycles. The molecule has 19 heavy (non-hydrogen) atoms. The molecular weight excluding hydrogens is 252 g/mol. The summed E-state index contributed by atoms with van der Waals surface area (Å²) in [4.78, 5) is 34.3. The summed E-state index contributed by atoms with van der Waals surface area (Å²) in [6, 6.07) is -0.278. The Labute approximate surface area is 112 Å². The van der Waals surface area contributed by atoms with Gasteiger partial charge in [-0.05, 0) is 19.8 Å². The molecule has 0 fully saturated rings. The summed E-state index contributed by atoms with van der Waals surface area (Å²) in [7, 11) is 1.59. The van der Waals surface area contributed by atoms with Gasteiger partial charge in [0.1, 0.15) is 0 Å². The second kappa shape index (κ2) is 10.2. The molecule has 2 amide bonds. The van der Waals surface area contributed by atoms with Crippen LogP contribution in [0.3, 0.4) is 0 Å². The highest BCUT2D eigenvalue weighted by molar-refractivity contribution is 5.75. The Hall–Kier alpha value is -1.79. The van der Waals surface area contributed by atoms with Crippen molar-refractivity contribution < 1.29 is 24.2 Å². The first-order valence-electron chi connectivity index (χ1n) is 6.33. The van der Waals surface area contributed by atoms with E-state index in [-0.39, 0.29) is 24.8 Å². The minimum Gasteiger partial charge on any atom is -0.481 e. The van der Waals surface area contributed by atoms with Crippen molar-refractivity contribution >= 4 is 18.0 Å². The average molecular weight is 274 g/mol. The molecule has 0 bridgehead atoms. The van der Waals surface area contributed by atoms with Crippen molar-refractivity contribution in [2.75, 3.05) is 26.7 Å². The second-order valence-electron chi connectivity index (χ2n) is 4.06. The predicted octanol–water partition coefficient (Wildman–Crippen LogP) is 0.836. The zero-order chi connectivity index (χ0) is 14.7. The summed E-state index contributed by atoms with van der Waals surface area (Å²) in [6.45, 7) is 2.78. The lowest BCUT2D eigenvalue weighted by atomic mass is 10.2. The summed E-state index contributed by atoms with van der Waals surface area (Å²) < 4.78 is 4.75. The SMILES string of the molecule is CCOC(=O)CCN(C)C(=O)NCCCCC(=O)O. The van der Waals surface area contributed by atoms with E-state index in [0.717, 1.165) is 0 Å². The molecule has 110 valence electrons. The summed E-state index contributed by atoms with van der Waals surface area (Å²) in [5.74, 6) is -1.17. The van der Waals surface area contributed by atoms with Gasteiger partial charge in [0.15, 0.2) is 0 Å². The molecule has 0 saturated heterocycles. The van der Waals surface area contributed by atoms with Crippen LogP contribution in [0.1, 0.15) is 32.6 Å². The molecule has 0 atom stereocenters. The van der Waals surface area contributed by atoms with Crippen LogP contribution in [-0.4, -0.2) is 54.7 Å². The first kappa shape index (κ1) is 17.2. The van der Waals surface area contributed by atoms with Crippen molar-refractivity contribution in [1.29, 1.82) is 0 Å². The number of carbonyl (C=O) groups excluding carboxylic acids is 2. The maximum absolute atomic E-state index is 11.6. The van der Waals surface area contributed by atoms with E-state index in [9.17, 15) is 14.4 Å². The van der Waals surface area contributed by atoms with E-state index in [0.29, 0.717) is 32.5 Å². The summed E-state index contributed by atoms with van der Waals surface area (Å²) in [5.41, 5.74) is 0. The number of aliphatic carboxylic acids is 1. The van der Waals surface area contributed by atoms with E-state index >= 15 is 0 Å². The lowest BCUT2D eigenvalue weighted by Crippen LogP contribution is -2.38. The number of ether oxygens (including phenoxy) is 1. The van der Waals surface area contributed by atoms with Crippen LogP contribution >= 0.6 is 0 Å². The highest BCUT2D eigenvalue weighted by Gasteiger charge is 2.10. The number of nitrogens with zero attached hydrogens (tertiary/aromatic N) is 1. The van der Waals surface area contributed by atoms with Crippen LogP contribution in [0.2, 0.25) is 0 Å². The van der Waals surface area contributed by atoms with Gasteiger partial charge in [-0.15, -0.1) is 0 Å². The summed E-state index contributed by atoms with van der Waals surface area (Å²) in [5, 5.41) is 11.1. The summed E-state index contributed by atoms with van der Waals surface area (Å²) >= 11 is 0. The van der Waals surface area contributed by atoms with Crippen LogP contribution in [0.5, 0.6) is 0 Å². The minimum absolute atomic E-state index is 0.106. The molecule has 0 rings (SSSR count). The van der Waals surface area contributed by atoms with Gasteiger partial charge < -0.3 is 20.1 Å². The molecule has 2 N–H and O–H groups in total. The van der Waals surface area contributed by atoms with Crippen LogP contribution in [-0.2, 0) is 14.3 Å². The van der Waals surface area contributed by atoms with E-state index in [2.05, 4.69) is 5.32 Å². The first-order chi connectivity index (χ1) is 8.97. The normalized spacial score (nSPS) is 9.79. The van der Waals surface area contributed by atoms with Gasteiger partial charge in [-0.25, -0.2) is 4.79 Å². The van der Waals surface area contributed by atoms with E-state index < -0.39 is 5.97 Å². The third kappa shape index (κ3) is 9.87. The van der Waals surface area contributed by atoms with Gasteiger partial charge >= 0.3 is 18.0 Å². The first-order valence-corrected chi connectivity index (χ1v) is 6.33. The van der Waals surface area contributed by atoms with Gasteiger partial charge in [0.2, 0.25) is 0 Å². The number of nitrogens with one attached hydrogen (secondary N) is 1. The van der Waals surface area contributed by atoms with Crippen LogP contribution in [0.15, 0.2) is 0 Å². The Morgan fingerprint density at radius 3 is 2.47 bits per heavy atom. The monoisotopic (exact) mass is 274 g/mol. The number of carboxylic acids is 1. The zero-order valence-electron chi connectivity index (χ0n) is 11.5. The van der Waals surface area contributed by atoms with Crippen molar-refractivity contribution in [2.45, 2.75) is 32.6 Å². The Bertz CT molecular complexity index is 306. The van der Waals surface area contributed by atoms with Gasteiger partial charge in [-0.2, -0.15) is 0 Å². The average Bonchev–Trinajstić information content (AvgIpc) is 2.35. The molecule has 0 heterocycles. The summed E-state index contributed by atoms with van der Waals surface area (Å²) in [6.07, 6.45) is 1.41. The van der Waals surface area contributed by atoms with Gasteiger partial charge in [0, 0.05) is 26.6 Å². The molecule has 0 spiro atoms. The topological polar surface area (TPSA) is 95.9 Å². The minimum atomic E-state index is -0.835. The maximum atomic E-state index is 11.6. The van der Waals surface area contributed by atoms with Gasteiger partial charge in [-0.3, -0.25) is 9.59 Å². The van der Waals surface area contributed by atoms with Crippen molar-refractivity contribution in [3.63, 3.8) is 0 Å². The Kier molecular flexibility index (Phi) is 9.20. The van der Waals surface area contributed by atoms with E-state index in [4.69, 9.17) is 9.84 Å². The van der Waals surface area contributed by atoms with E-state index in [1.165, 1.54) is 4.90 Å². The quantitative estimate of drug-likeness (QED) is 0.479. The fourth-order valence-electron chi connectivity index (χ4n) is 1.33. The van der Waals surface area contributed by atoms with Gasteiger partial charge in [0.25, 0.3) is 0 Å². The second-order valence-corrected chi connectivity index (χ2v) is 4.06. The smallest absolute Gasteiger partial charge is 0.317 e. The molecule has 7 heteroatoms. The van der Waals surface area contributed by atoms with Gasteiger partial charge in [-0.1, -0.05) is 0 Å². The zero-order valence-corrected chi connectivity index (χ0v) is 11.5. The van der Waals surface area contributed by atoms with E-state index in [1.54, 1.807) is 14.0 Å². The molecular formula is C12H22N2O5. The number of hydrogen-bond acceptors (Lipinski definition) is 4. The van der Waals surface area contributed by atoms with Crippen molar-refractivity contribution in [3.05, 3.63) is 0 Å². The van der Waals surface area contributed by atoms with Crippen LogP contribution in [0, 0.1) is 0 Å². The molecule has 0 aliphatic rings. The number of carboxylic acid groups (broad SMARTS) is 1. The number of unbranched alkanes of at least 4 members (excludes halogenated alkanes) is 1. The van der Waals surface area contributed by atoms with Crippen LogP contribution in [0.25, 0.3) is 0 Å². The highest BCUT2D eigenvalue weighted by atomic mass is 16.5. The Morgan fingerprint density at radius 2 is 1.89 bits per heavy atom. The predicted molar refractivity (Wildman–Crippen MR) is 68.8 cm³/mol. The molecule has 0 aromatic rings. The van der Waals surface area contributed by atoms with Gasteiger partial charge in [0.05, 0.1) is 13.0 Å². The lowest BCUT2D eigenvalue weighted by Gasteiger charge is -2.17. The number of urea groups is 1. The van der Waals surface area contributed by atoms with Crippen molar-refractivity contribution in [3.8, 4) is 0 Å². The third-order valence-corrected chi connectivity index (χ3v) is 2.40. The molecule has 0 radical (unpaired) electrons. The number of amides is 2. The molecule has 0 aromatic carbocycles. The highest BCUT2D eigenvalue weighted by Crippen LogP contribution is 1.95. The van der Waals surface area contributed by atoms with Crippen LogP contribution < -0.4 is 5.32 Å². The molecule has 0 unspecified atom stereocenters. The maximum Gasteiger partial charge on any atom is 0.317 e. The number of hydrogen-bond donors (Lipinski definition) is 2. The standard InChI is InChI=1S/C12H22N2O5/c1-3-19-11(17)7-9-14(2)12(18)13-8-5-4-6-10(15)16/h3-9H2,1-2H3,(H,13,18)(H,15,16). The Balaban J connectivity index is 3.64. The fraction of sp³-hybridized carbons (Fsp3) is 0.750. The number of esters is 1. The number of rotatable bonds is 9. The van der Waals surface area contributed by atoms with Crippen molar-refractivity contribution in [1.82, 2.24) is 10.2 Å². The van der Waals surface area contributed by atoms with Crippen molar-refractivity contribution in [2.24, 2.45) is 0 Å². The molecule has 7 nitrogen and oxygen atoms in total. The number of carbonyl (C=O) groups is 3. The van der Waals surface area contributed by atoms with E-state index in [1.807, 2.05) is 0 Å². The molecule has 0 aliphatic heterocycles. The largest absolute Gasteiger partial charge is 0.481 e. The third-order valence-electron chi connectivity index (χ3n) is 2.40. The molecule has 0 aromatic heterocycles. The van der Waals surface area contributed by atoms with Crippen LogP contribution in [0.4, 0.5) is 4.79 Å². The fourth-order valence-corrected chi connectivity index (χ4v) is 1.33. The lowest BCUT2D eigenvalue weighted by molar-refractivity contribution is -0.143. The Morgan fingerprint density at radius 1 is 1.21 bits per heavy atom. The molecule has 0 saturated carbocycles.